The third-order valence-corrected chi connectivity index (χ3v) is 4.05. The number of rotatable bonds is 4. The molecule has 0 saturated carbocycles. The molecule has 1 amide bonds. The van der Waals surface area contributed by atoms with Gasteiger partial charge in [-0.1, -0.05) is 23.7 Å². The molecule has 0 bridgehead atoms. The van der Waals surface area contributed by atoms with Crippen molar-refractivity contribution < 1.29 is 4.79 Å². The van der Waals surface area contributed by atoms with Crippen LogP contribution in [0.2, 0.25) is 5.02 Å². The van der Waals surface area contributed by atoms with Crippen LogP contribution in [0.1, 0.15) is 5.56 Å². The van der Waals surface area contributed by atoms with Gasteiger partial charge in [0, 0.05) is 15.5 Å². The first kappa shape index (κ1) is 17.3. The van der Waals surface area contributed by atoms with Crippen LogP contribution in [-0.4, -0.2) is 5.91 Å². The summed E-state index contributed by atoms with van der Waals surface area (Å²) in [5.74, 6) is -0.517. The van der Waals surface area contributed by atoms with E-state index in [9.17, 15) is 10.1 Å². The molecule has 0 aliphatic rings. The van der Waals surface area contributed by atoms with Gasteiger partial charge in [0.15, 0.2) is 0 Å². The first-order valence-corrected chi connectivity index (χ1v) is 8.16. The Morgan fingerprint density at radius 1 is 1.26 bits per heavy atom. The first-order valence-electron chi connectivity index (χ1n) is 6.70. The molecule has 0 heterocycles. The number of benzene rings is 2. The molecule has 0 saturated heterocycles. The lowest BCUT2D eigenvalue weighted by molar-refractivity contribution is -0.112. The van der Waals surface area contributed by atoms with E-state index in [0.29, 0.717) is 10.7 Å². The fourth-order valence-electron chi connectivity index (χ4n) is 1.84. The van der Waals surface area contributed by atoms with Gasteiger partial charge < -0.3 is 10.6 Å². The Kier molecular flexibility index (Phi) is 6.02. The fraction of sp³-hybridized carbons (Fsp3) is 0.0588. The van der Waals surface area contributed by atoms with Gasteiger partial charge in [0.25, 0.3) is 5.91 Å². The maximum atomic E-state index is 12.2. The summed E-state index contributed by atoms with van der Waals surface area (Å²) in [5.41, 5.74) is 2.29. The maximum absolute atomic E-state index is 12.2. The molecule has 0 aromatic heterocycles. The van der Waals surface area contributed by atoms with Crippen molar-refractivity contribution in [1.82, 2.24) is 0 Å². The van der Waals surface area contributed by atoms with E-state index >= 15 is 0 Å². The molecule has 2 aromatic carbocycles. The normalized spacial score (nSPS) is 10.8. The van der Waals surface area contributed by atoms with Crippen molar-refractivity contribution >= 4 is 51.5 Å². The van der Waals surface area contributed by atoms with Crippen LogP contribution in [-0.2, 0) is 4.79 Å². The monoisotopic (exact) mass is 437 g/mol. The molecule has 0 unspecified atom stereocenters. The van der Waals surface area contributed by atoms with Gasteiger partial charge in [-0.2, -0.15) is 5.26 Å². The Labute approximate surface area is 153 Å². The van der Waals surface area contributed by atoms with Crippen molar-refractivity contribution in [2.24, 2.45) is 0 Å². The van der Waals surface area contributed by atoms with E-state index in [4.69, 9.17) is 11.6 Å². The summed E-state index contributed by atoms with van der Waals surface area (Å²) in [5, 5.41) is 15.2. The third kappa shape index (κ3) is 4.71. The van der Waals surface area contributed by atoms with E-state index in [2.05, 4.69) is 33.2 Å². The van der Waals surface area contributed by atoms with Crippen LogP contribution in [0.4, 0.5) is 11.4 Å². The second-order valence-corrected chi connectivity index (χ2v) is 6.36. The molecular weight excluding hydrogens is 425 g/mol. The van der Waals surface area contributed by atoms with E-state index in [-0.39, 0.29) is 5.57 Å². The van der Waals surface area contributed by atoms with Crippen LogP contribution in [0.3, 0.4) is 0 Å². The first-order chi connectivity index (χ1) is 11.0. The van der Waals surface area contributed by atoms with E-state index < -0.39 is 5.91 Å². The van der Waals surface area contributed by atoms with E-state index in [0.717, 1.165) is 14.8 Å². The summed E-state index contributed by atoms with van der Waals surface area (Å²) in [6.45, 7) is 1.95. The zero-order valence-electron chi connectivity index (χ0n) is 12.2. The Hall–Kier alpha value is -2.04. The number of nitrogens with zero attached hydrogens (tertiary/aromatic N) is 1. The summed E-state index contributed by atoms with van der Waals surface area (Å²) in [7, 11) is 0. The van der Waals surface area contributed by atoms with Crippen molar-refractivity contribution in [2.45, 2.75) is 6.92 Å². The summed E-state index contributed by atoms with van der Waals surface area (Å²) in [4.78, 5) is 12.2. The van der Waals surface area contributed by atoms with Crippen LogP contribution in [0.15, 0.2) is 54.2 Å². The molecule has 0 aliphatic heterocycles. The van der Waals surface area contributed by atoms with Gasteiger partial charge in [-0.15, -0.1) is 0 Å². The quantitative estimate of drug-likeness (QED) is 0.414. The van der Waals surface area contributed by atoms with Gasteiger partial charge in [0.1, 0.15) is 11.6 Å². The Morgan fingerprint density at radius 3 is 2.65 bits per heavy atom. The molecule has 23 heavy (non-hydrogen) atoms. The number of para-hydroxylation sites is 1. The van der Waals surface area contributed by atoms with Gasteiger partial charge in [-0.3, -0.25) is 4.79 Å². The predicted octanol–water partition coefficient (Wildman–Crippen LogP) is 4.71. The van der Waals surface area contributed by atoms with Crippen molar-refractivity contribution in [1.29, 1.82) is 5.26 Å². The molecule has 0 fully saturated rings. The predicted molar refractivity (Wildman–Crippen MR) is 101 cm³/mol. The number of anilines is 2. The zero-order chi connectivity index (χ0) is 16.8. The Balaban J connectivity index is 2.14. The molecular formula is C17H13ClIN3O. The highest BCUT2D eigenvalue weighted by Crippen LogP contribution is 2.21. The lowest BCUT2D eigenvalue weighted by atomic mass is 10.2. The summed E-state index contributed by atoms with van der Waals surface area (Å²) >= 11 is 8.22. The van der Waals surface area contributed by atoms with Crippen LogP contribution >= 0.6 is 34.2 Å². The van der Waals surface area contributed by atoms with E-state index in [1.165, 1.54) is 6.20 Å². The number of nitrogens with one attached hydrogen (secondary N) is 2. The molecule has 0 aliphatic carbocycles. The number of hydrogen-bond donors (Lipinski definition) is 2. The second-order valence-electron chi connectivity index (χ2n) is 4.71. The Bertz CT molecular complexity index is 812. The SMILES string of the molecule is Cc1cc(I)ccc1N/C=C(/C#N)C(=O)Nc1ccccc1Cl. The lowest BCUT2D eigenvalue weighted by Crippen LogP contribution is -2.14. The van der Waals surface area contributed by atoms with Gasteiger partial charge in [0.2, 0.25) is 0 Å². The smallest absolute Gasteiger partial charge is 0.267 e. The topological polar surface area (TPSA) is 64.9 Å². The zero-order valence-corrected chi connectivity index (χ0v) is 15.1. The number of aryl methyl sites for hydroxylation is 1. The number of carbonyl (C=O) groups is 1. The number of nitriles is 1. The van der Waals surface area contributed by atoms with E-state index in [1.807, 2.05) is 31.2 Å². The summed E-state index contributed by atoms with van der Waals surface area (Å²) in [6.07, 6.45) is 1.39. The minimum Gasteiger partial charge on any atom is -0.360 e. The largest absolute Gasteiger partial charge is 0.360 e. The van der Waals surface area contributed by atoms with Gasteiger partial charge in [0.05, 0.1) is 10.7 Å². The summed E-state index contributed by atoms with van der Waals surface area (Å²) in [6, 6.07) is 14.6. The standard InChI is InChI=1S/C17H13ClIN3O/c1-11-8-13(19)6-7-15(11)21-10-12(9-20)17(23)22-16-5-3-2-4-14(16)18/h2-8,10,21H,1H3,(H,22,23)/b12-10-. The molecule has 2 rings (SSSR count). The average Bonchev–Trinajstić information content (AvgIpc) is 2.52. The third-order valence-electron chi connectivity index (χ3n) is 3.05. The molecule has 2 aromatic rings. The second kappa shape index (κ2) is 7.99. The molecule has 6 heteroatoms. The molecule has 2 N–H and O–H groups in total. The molecule has 0 radical (unpaired) electrons. The highest BCUT2D eigenvalue weighted by atomic mass is 127. The highest BCUT2D eigenvalue weighted by Gasteiger charge is 2.11. The van der Waals surface area contributed by atoms with Crippen LogP contribution in [0.25, 0.3) is 0 Å². The molecule has 0 spiro atoms. The van der Waals surface area contributed by atoms with Crippen molar-refractivity contribution in [3.8, 4) is 6.07 Å². The van der Waals surface area contributed by atoms with Crippen molar-refractivity contribution in [2.75, 3.05) is 10.6 Å². The minimum atomic E-state index is -0.517. The number of halogens is 2. The maximum Gasteiger partial charge on any atom is 0.267 e. The highest BCUT2D eigenvalue weighted by molar-refractivity contribution is 14.1. The molecule has 116 valence electrons. The number of hydrogen-bond acceptors (Lipinski definition) is 3. The van der Waals surface area contributed by atoms with Crippen molar-refractivity contribution in [3.63, 3.8) is 0 Å². The van der Waals surface area contributed by atoms with Gasteiger partial charge >= 0.3 is 0 Å². The van der Waals surface area contributed by atoms with Crippen LogP contribution in [0, 0.1) is 21.8 Å². The van der Waals surface area contributed by atoms with Crippen molar-refractivity contribution in [3.05, 3.63) is 68.4 Å². The number of carbonyl (C=O) groups excluding carboxylic acids is 1. The van der Waals surface area contributed by atoms with E-state index in [1.54, 1.807) is 24.3 Å². The van der Waals surface area contributed by atoms with Crippen LogP contribution in [0.5, 0.6) is 0 Å². The van der Waals surface area contributed by atoms with Crippen LogP contribution < -0.4 is 10.6 Å². The van der Waals surface area contributed by atoms with Gasteiger partial charge in [-0.25, -0.2) is 0 Å². The number of amides is 1. The lowest BCUT2D eigenvalue weighted by Gasteiger charge is -2.08. The molecule has 4 nitrogen and oxygen atoms in total. The minimum absolute atomic E-state index is 0.0390. The summed E-state index contributed by atoms with van der Waals surface area (Å²) < 4.78 is 1.12. The Morgan fingerprint density at radius 2 is 2.00 bits per heavy atom. The fourth-order valence-corrected chi connectivity index (χ4v) is 2.67. The average molecular weight is 438 g/mol. The molecule has 0 atom stereocenters. The van der Waals surface area contributed by atoms with Gasteiger partial charge in [-0.05, 0) is 65.4 Å².